The van der Waals surface area contributed by atoms with Crippen molar-refractivity contribution in [1.29, 1.82) is 0 Å². The van der Waals surface area contributed by atoms with Crippen LogP contribution >= 0.6 is 0 Å². The minimum atomic E-state index is -1.91. The summed E-state index contributed by atoms with van der Waals surface area (Å²) in [4.78, 5) is 11.1. The summed E-state index contributed by atoms with van der Waals surface area (Å²) in [7, 11) is -3.29. The second kappa shape index (κ2) is 13.8. The first-order valence-electron chi connectivity index (χ1n) is 11.7. The zero-order valence-electron chi connectivity index (χ0n) is 21.0. The van der Waals surface area contributed by atoms with Crippen LogP contribution in [0.1, 0.15) is 59.8 Å². The summed E-state index contributed by atoms with van der Waals surface area (Å²) in [5.41, 5.74) is 0.383. The lowest BCUT2D eigenvalue weighted by molar-refractivity contribution is -0.117. The molecule has 178 valence electrons. The number of nitrogens with one attached hydrogen (secondary N) is 1. The van der Waals surface area contributed by atoms with Crippen molar-refractivity contribution in [3.05, 3.63) is 12.7 Å². The van der Waals surface area contributed by atoms with Crippen molar-refractivity contribution < 1.29 is 19.1 Å². The maximum Gasteiger partial charge on any atom is 0.243 e. The van der Waals surface area contributed by atoms with Crippen LogP contribution in [0.15, 0.2) is 12.7 Å². The molecule has 0 aromatic heterocycles. The van der Waals surface area contributed by atoms with E-state index < -0.39 is 22.5 Å². The van der Waals surface area contributed by atoms with E-state index in [9.17, 15) is 9.90 Å². The normalized spacial score (nSPS) is 16.6. The number of carbonyl (C=O) groups is 1. The highest BCUT2D eigenvalue weighted by Gasteiger charge is 2.45. The van der Waals surface area contributed by atoms with E-state index in [-0.39, 0.29) is 24.1 Å². The molecule has 0 saturated heterocycles. The van der Waals surface area contributed by atoms with Gasteiger partial charge in [-0.25, -0.2) is 0 Å². The molecule has 0 spiro atoms. The monoisotopic (exact) mass is 459 g/mol. The van der Waals surface area contributed by atoms with E-state index in [4.69, 9.17) is 9.16 Å². The van der Waals surface area contributed by atoms with E-state index in [0.717, 1.165) is 19.3 Å². The SMILES string of the molecule is C=CC(=O)NCC(O)COCCCC(C)(CC)[Si](C)(C)OC(C)[Si](C)(C)CCCC. The molecule has 0 fully saturated rings. The Bertz CT molecular complexity index is 513. The standard InChI is InChI=1S/C23H49NO4Si2/c1-10-13-17-29(6,7)20(4)28-30(8,9)23(5,12-3)15-14-16-27-19-21(25)18-24-22(26)11-2/h11,20-21,25H,2,10,12-19H2,1,3-9H3,(H,24,26). The number of amides is 1. The smallest absolute Gasteiger partial charge is 0.243 e. The van der Waals surface area contributed by atoms with Crippen LogP contribution in [0, 0.1) is 0 Å². The van der Waals surface area contributed by atoms with Crippen molar-refractivity contribution in [2.45, 2.75) is 109 Å². The Kier molecular flexibility index (Phi) is 13.6. The summed E-state index contributed by atoms with van der Waals surface area (Å²) < 4.78 is 12.5. The molecule has 0 saturated carbocycles. The molecule has 1 amide bonds. The first kappa shape index (κ1) is 29.5. The van der Waals surface area contributed by atoms with Crippen molar-refractivity contribution in [2.24, 2.45) is 0 Å². The molecule has 0 aliphatic rings. The maximum atomic E-state index is 11.1. The third-order valence-electron chi connectivity index (χ3n) is 7.01. The lowest BCUT2D eigenvalue weighted by Gasteiger charge is -2.46. The second-order valence-electron chi connectivity index (χ2n) is 10.1. The van der Waals surface area contributed by atoms with Crippen LogP contribution in [0.4, 0.5) is 0 Å². The van der Waals surface area contributed by atoms with Gasteiger partial charge < -0.3 is 19.6 Å². The first-order valence-corrected chi connectivity index (χ1v) is 17.9. The van der Waals surface area contributed by atoms with E-state index in [2.05, 4.69) is 65.8 Å². The van der Waals surface area contributed by atoms with Gasteiger partial charge in [0.05, 0.1) is 20.8 Å². The number of hydrogen-bond donors (Lipinski definition) is 2. The molecule has 0 aromatic rings. The predicted molar refractivity (Wildman–Crippen MR) is 133 cm³/mol. The molecular formula is C23H49NO4Si2. The van der Waals surface area contributed by atoms with Crippen LogP contribution in [0.3, 0.4) is 0 Å². The summed E-state index contributed by atoms with van der Waals surface area (Å²) >= 11 is 0. The molecule has 0 rings (SSSR count). The zero-order chi connectivity index (χ0) is 23.4. The summed E-state index contributed by atoms with van der Waals surface area (Å²) in [6.45, 7) is 23.3. The Morgan fingerprint density at radius 3 is 2.40 bits per heavy atom. The molecule has 0 aliphatic carbocycles. The van der Waals surface area contributed by atoms with Gasteiger partial charge in [0.2, 0.25) is 5.91 Å². The third-order valence-corrected chi connectivity index (χ3v) is 15.7. The lowest BCUT2D eigenvalue weighted by Crippen LogP contribution is -2.52. The van der Waals surface area contributed by atoms with E-state index >= 15 is 0 Å². The minimum Gasteiger partial charge on any atom is -0.417 e. The van der Waals surface area contributed by atoms with Crippen molar-refractivity contribution in [1.82, 2.24) is 5.32 Å². The van der Waals surface area contributed by atoms with Crippen LogP contribution in [-0.4, -0.2) is 59.0 Å². The van der Waals surface area contributed by atoms with E-state index in [1.807, 2.05) is 0 Å². The fraction of sp³-hybridized carbons (Fsp3) is 0.870. The van der Waals surface area contributed by atoms with Gasteiger partial charge in [0, 0.05) is 18.9 Å². The number of aliphatic hydroxyl groups excluding tert-OH is 1. The topological polar surface area (TPSA) is 67.8 Å². The molecule has 0 aliphatic heterocycles. The molecule has 30 heavy (non-hydrogen) atoms. The lowest BCUT2D eigenvalue weighted by atomic mass is 10.0. The molecule has 7 heteroatoms. The molecule has 0 heterocycles. The van der Waals surface area contributed by atoms with Crippen molar-refractivity contribution in [2.75, 3.05) is 19.8 Å². The molecule has 0 aromatic carbocycles. The largest absolute Gasteiger partial charge is 0.417 e. The average molecular weight is 460 g/mol. The van der Waals surface area contributed by atoms with Crippen LogP contribution < -0.4 is 5.32 Å². The Morgan fingerprint density at radius 2 is 1.87 bits per heavy atom. The summed E-state index contributed by atoms with van der Waals surface area (Å²) in [5.74, 6) is -0.282. The van der Waals surface area contributed by atoms with Gasteiger partial charge in [0.1, 0.15) is 0 Å². The number of aliphatic hydroxyl groups is 1. The number of carbonyl (C=O) groups excluding carboxylic acids is 1. The average Bonchev–Trinajstić information content (AvgIpc) is 2.69. The van der Waals surface area contributed by atoms with Crippen LogP contribution in [-0.2, 0) is 14.0 Å². The molecular weight excluding hydrogens is 410 g/mol. The van der Waals surface area contributed by atoms with Crippen molar-refractivity contribution in [3.63, 3.8) is 0 Å². The van der Waals surface area contributed by atoms with E-state index in [1.54, 1.807) is 0 Å². The summed E-state index contributed by atoms with van der Waals surface area (Å²) in [6.07, 6.45) is 6.17. The maximum absolute atomic E-state index is 11.1. The van der Waals surface area contributed by atoms with Gasteiger partial charge in [0.15, 0.2) is 8.32 Å². The van der Waals surface area contributed by atoms with Crippen LogP contribution in [0.25, 0.3) is 0 Å². The third kappa shape index (κ3) is 10.2. The first-order chi connectivity index (χ1) is 13.8. The minimum absolute atomic E-state index is 0.181. The number of ether oxygens (including phenoxy) is 1. The van der Waals surface area contributed by atoms with Gasteiger partial charge in [-0.3, -0.25) is 4.79 Å². The van der Waals surface area contributed by atoms with Gasteiger partial charge >= 0.3 is 0 Å². The highest BCUT2D eigenvalue weighted by Crippen LogP contribution is 2.47. The van der Waals surface area contributed by atoms with E-state index in [0.29, 0.717) is 12.3 Å². The van der Waals surface area contributed by atoms with Gasteiger partial charge in [-0.2, -0.15) is 0 Å². The summed E-state index contributed by atoms with van der Waals surface area (Å²) in [5, 5.41) is 12.6. The highest BCUT2D eigenvalue weighted by atomic mass is 28.4. The van der Waals surface area contributed by atoms with E-state index in [1.165, 1.54) is 25.0 Å². The van der Waals surface area contributed by atoms with Gasteiger partial charge in [-0.15, -0.1) is 0 Å². The highest BCUT2D eigenvalue weighted by molar-refractivity contribution is 6.81. The van der Waals surface area contributed by atoms with Crippen LogP contribution in [0.5, 0.6) is 0 Å². The van der Waals surface area contributed by atoms with Gasteiger partial charge in [0.25, 0.3) is 0 Å². The Morgan fingerprint density at radius 1 is 1.23 bits per heavy atom. The Labute approximate surface area is 188 Å². The molecule has 3 atom stereocenters. The fourth-order valence-corrected chi connectivity index (χ4v) is 10.2. The number of unbranched alkanes of at least 4 members (excludes halogenated alkanes) is 1. The zero-order valence-corrected chi connectivity index (χ0v) is 23.0. The molecule has 2 N–H and O–H groups in total. The number of hydrogen-bond acceptors (Lipinski definition) is 4. The van der Waals surface area contributed by atoms with Gasteiger partial charge in [-0.1, -0.05) is 65.8 Å². The Balaban J connectivity index is 4.57. The second-order valence-corrected chi connectivity index (χ2v) is 19.8. The summed E-state index contributed by atoms with van der Waals surface area (Å²) in [6, 6.07) is 1.33. The van der Waals surface area contributed by atoms with Crippen molar-refractivity contribution in [3.8, 4) is 0 Å². The quantitative estimate of drug-likeness (QED) is 0.176. The van der Waals surface area contributed by atoms with Crippen molar-refractivity contribution >= 4 is 22.3 Å². The predicted octanol–water partition coefficient (Wildman–Crippen LogP) is 5.27. The van der Waals surface area contributed by atoms with Gasteiger partial charge in [-0.05, 0) is 44.0 Å². The molecule has 3 unspecified atom stereocenters. The van der Waals surface area contributed by atoms with Crippen LogP contribution in [0.2, 0.25) is 37.3 Å². The molecule has 0 bridgehead atoms. The number of rotatable bonds is 17. The fourth-order valence-electron chi connectivity index (χ4n) is 3.62. The molecule has 0 radical (unpaired) electrons. The molecule has 5 nitrogen and oxygen atoms in total. The Hall–Kier alpha value is -0.476.